The zero-order valence-electron chi connectivity index (χ0n) is 11.8. The van der Waals surface area contributed by atoms with E-state index in [1.54, 1.807) is 11.3 Å². The van der Waals surface area contributed by atoms with Crippen LogP contribution in [-0.2, 0) is 6.42 Å². The molecule has 0 bridgehead atoms. The molecule has 1 aromatic heterocycles. The van der Waals surface area contributed by atoms with E-state index in [0.29, 0.717) is 0 Å². The van der Waals surface area contributed by atoms with E-state index in [4.69, 9.17) is 0 Å². The highest BCUT2D eigenvalue weighted by molar-refractivity contribution is 7.10. The number of unbranched alkanes of at least 4 members (excludes halogenated alkanes) is 1. The summed E-state index contributed by atoms with van der Waals surface area (Å²) < 4.78 is 0. The predicted octanol–water partition coefficient (Wildman–Crippen LogP) is 5.73. The average Bonchev–Trinajstić information content (AvgIpc) is 3.16. The van der Waals surface area contributed by atoms with Gasteiger partial charge in [0.05, 0.1) is 6.04 Å². The number of azo groups is 1. The van der Waals surface area contributed by atoms with Crippen molar-refractivity contribution in [3.05, 3.63) is 57.8 Å². The number of hydrogen-bond acceptors (Lipinski definition) is 3. The topological polar surface area (TPSA) is 24.7 Å². The standard InChI is InChI=1S/C17H20N2S/c1-2-3-5-13-7-9-14(10-8-13)15-12-16(19-18-15)17-6-4-11-20-17/h4,6-11,15-16H,2-3,5,12H2,1H3. The molecule has 2 atom stereocenters. The quantitative estimate of drug-likeness (QED) is 0.670. The normalized spacial score (nSPS) is 21.4. The van der Waals surface area contributed by atoms with E-state index in [2.05, 4.69) is 58.9 Å². The molecule has 3 rings (SSSR count). The summed E-state index contributed by atoms with van der Waals surface area (Å²) >= 11 is 1.78. The van der Waals surface area contributed by atoms with E-state index in [1.165, 1.54) is 35.3 Å². The third kappa shape index (κ3) is 2.98. The summed E-state index contributed by atoms with van der Waals surface area (Å²) in [6, 6.07) is 13.7. The molecule has 3 heteroatoms. The largest absolute Gasteiger partial charge is 0.185 e. The van der Waals surface area contributed by atoms with E-state index in [1.807, 2.05) is 0 Å². The van der Waals surface area contributed by atoms with Gasteiger partial charge < -0.3 is 0 Å². The smallest absolute Gasteiger partial charge is 0.107 e. The summed E-state index contributed by atoms with van der Waals surface area (Å²) in [5, 5.41) is 11.0. The first-order valence-corrected chi connectivity index (χ1v) is 8.27. The maximum Gasteiger partial charge on any atom is 0.107 e. The molecule has 1 aliphatic rings. The highest BCUT2D eigenvalue weighted by Gasteiger charge is 2.25. The lowest BCUT2D eigenvalue weighted by Crippen LogP contribution is -1.95. The second-order valence-corrected chi connectivity index (χ2v) is 6.34. The molecule has 1 aromatic carbocycles. The summed E-state index contributed by atoms with van der Waals surface area (Å²) in [7, 11) is 0. The Kier molecular flexibility index (Phi) is 4.26. The van der Waals surface area contributed by atoms with Crippen LogP contribution in [0, 0.1) is 0 Å². The molecule has 2 nitrogen and oxygen atoms in total. The van der Waals surface area contributed by atoms with Crippen LogP contribution >= 0.6 is 11.3 Å². The van der Waals surface area contributed by atoms with Crippen LogP contribution in [0.15, 0.2) is 52.0 Å². The van der Waals surface area contributed by atoms with Crippen molar-refractivity contribution in [2.75, 3.05) is 0 Å². The van der Waals surface area contributed by atoms with Crippen molar-refractivity contribution in [1.82, 2.24) is 0 Å². The van der Waals surface area contributed by atoms with E-state index in [0.717, 1.165) is 6.42 Å². The Hall–Kier alpha value is -1.48. The van der Waals surface area contributed by atoms with Crippen molar-refractivity contribution in [1.29, 1.82) is 0 Å². The van der Waals surface area contributed by atoms with E-state index < -0.39 is 0 Å². The zero-order valence-corrected chi connectivity index (χ0v) is 12.6. The fourth-order valence-corrected chi connectivity index (χ4v) is 3.38. The second-order valence-electron chi connectivity index (χ2n) is 5.36. The molecule has 0 saturated heterocycles. The minimum Gasteiger partial charge on any atom is -0.185 e. The van der Waals surface area contributed by atoms with Gasteiger partial charge in [-0.2, -0.15) is 10.2 Å². The monoisotopic (exact) mass is 284 g/mol. The lowest BCUT2D eigenvalue weighted by molar-refractivity contribution is 0.666. The molecule has 0 N–H and O–H groups in total. The van der Waals surface area contributed by atoms with E-state index >= 15 is 0 Å². The lowest BCUT2D eigenvalue weighted by atomic mass is 9.98. The summed E-state index contributed by atoms with van der Waals surface area (Å²) in [5.74, 6) is 0. The van der Waals surface area contributed by atoms with Crippen LogP contribution in [0.5, 0.6) is 0 Å². The molecule has 0 spiro atoms. The van der Waals surface area contributed by atoms with Crippen molar-refractivity contribution in [2.24, 2.45) is 10.2 Å². The SMILES string of the molecule is CCCCc1ccc(C2CC(c3cccs3)N=N2)cc1. The molecule has 0 aliphatic carbocycles. The molecule has 1 aliphatic heterocycles. The molecule has 2 heterocycles. The Morgan fingerprint density at radius 2 is 1.90 bits per heavy atom. The van der Waals surface area contributed by atoms with Gasteiger partial charge in [-0.3, -0.25) is 0 Å². The third-order valence-electron chi connectivity index (χ3n) is 3.85. The molecule has 0 radical (unpaired) electrons. The summed E-state index contributed by atoms with van der Waals surface area (Å²) in [5.41, 5.74) is 2.73. The first-order chi connectivity index (χ1) is 9.86. The van der Waals surface area contributed by atoms with Gasteiger partial charge in [-0.15, -0.1) is 11.3 Å². The predicted molar refractivity (Wildman–Crippen MR) is 84.3 cm³/mol. The number of nitrogens with zero attached hydrogens (tertiary/aromatic N) is 2. The second kappa shape index (κ2) is 6.31. The highest BCUT2D eigenvalue weighted by Crippen LogP contribution is 2.39. The van der Waals surface area contributed by atoms with Crippen molar-refractivity contribution in [3.8, 4) is 0 Å². The Balaban J connectivity index is 1.64. The van der Waals surface area contributed by atoms with Gasteiger partial charge in [0.15, 0.2) is 0 Å². The molecule has 0 amide bonds. The number of rotatable bonds is 5. The lowest BCUT2D eigenvalue weighted by Gasteiger charge is -2.08. The van der Waals surface area contributed by atoms with Crippen LogP contribution in [0.3, 0.4) is 0 Å². The fraction of sp³-hybridized carbons (Fsp3) is 0.412. The third-order valence-corrected chi connectivity index (χ3v) is 4.82. The summed E-state index contributed by atoms with van der Waals surface area (Å²) in [4.78, 5) is 1.33. The van der Waals surface area contributed by atoms with Gasteiger partial charge in [0.25, 0.3) is 0 Å². The summed E-state index contributed by atoms with van der Waals surface area (Å²) in [6.45, 7) is 2.23. The molecule has 0 fully saturated rings. The minimum absolute atomic E-state index is 0.238. The minimum atomic E-state index is 0.238. The number of thiophene rings is 1. The fourth-order valence-electron chi connectivity index (χ4n) is 2.61. The van der Waals surface area contributed by atoms with Crippen LogP contribution in [0.25, 0.3) is 0 Å². The molecule has 2 unspecified atom stereocenters. The summed E-state index contributed by atoms with van der Waals surface area (Å²) in [6.07, 6.45) is 4.71. The molecular weight excluding hydrogens is 264 g/mol. The van der Waals surface area contributed by atoms with Gasteiger partial charge in [0.2, 0.25) is 0 Å². The van der Waals surface area contributed by atoms with Crippen molar-refractivity contribution in [3.63, 3.8) is 0 Å². The van der Waals surface area contributed by atoms with Crippen molar-refractivity contribution in [2.45, 2.75) is 44.7 Å². The van der Waals surface area contributed by atoms with E-state index in [-0.39, 0.29) is 12.1 Å². The van der Waals surface area contributed by atoms with Crippen LogP contribution in [0.4, 0.5) is 0 Å². The van der Waals surface area contributed by atoms with Crippen LogP contribution < -0.4 is 0 Å². The Bertz CT molecular complexity index is 557. The van der Waals surface area contributed by atoms with Crippen LogP contribution in [0.2, 0.25) is 0 Å². The van der Waals surface area contributed by atoms with Crippen LogP contribution in [-0.4, -0.2) is 0 Å². The molecule has 2 aromatic rings. The molecule has 104 valence electrons. The average molecular weight is 284 g/mol. The van der Waals surface area contributed by atoms with Gasteiger partial charge in [0.1, 0.15) is 6.04 Å². The van der Waals surface area contributed by atoms with Crippen molar-refractivity contribution < 1.29 is 0 Å². The Morgan fingerprint density at radius 3 is 2.60 bits per heavy atom. The Labute approximate surface area is 124 Å². The first-order valence-electron chi connectivity index (χ1n) is 7.39. The Morgan fingerprint density at radius 1 is 1.10 bits per heavy atom. The van der Waals surface area contributed by atoms with E-state index in [9.17, 15) is 0 Å². The van der Waals surface area contributed by atoms with Gasteiger partial charge in [-0.25, -0.2) is 0 Å². The molecule has 0 saturated carbocycles. The van der Waals surface area contributed by atoms with Gasteiger partial charge in [-0.1, -0.05) is 43.7 Å². The van der Waals surface area contributed by atoms with Crippen LogP contribution in [0.1, 0.15) is 54.3 Å². The van der Waals surface area contributed by atoms with Gasteiger partial charge in [-0.05, 0) is 35.4 Å². The number of hydrogen-bond donors (Lipinski definition) is 0. The number of benzene rings is 1. The van der Waals surface area contributed by atoms with Gasteiger partial charge >= 0.3 is 0 Å². The highest BCUT2D eigenvalue weighted by atomic mass is 32.1. The number of aryl methyl sites for hydroxylation is 1. The maximum atomic E-state index is 4.47. The first kappa shape index (κ1) is 13.5. The van der Waals surface area contributed by atoms with Crippen molar-refractivity contribution >= 4 is 11.3 Å². The molecular formula is C17H20N2S. The van der Waals surface area contributed by atoms with Gasteiger partial charge in [0, 0.05) is 11.3 Å². The zero-order chi connectivity index (χ0) is 13.8. The molecule has 20 heavy (non-hydrogen) atoms. The maximum absolute atomic E-state index is 4.47.